The number of benzene rings is 2. The average molecular weight is 354 g/mol. The number of hydrogen-bond acceptors (Lipinski definition) is 5. The molecule has 0 amide bonds. The zero-order valence-corrected chi connectivity index (χ0v) is 14.4. The molecule has 1 aromatic heterocycles. The number of nitrogens with zero attached hydrogens (tertiary/aromatic N) is 1. The zero-order chi connectivity index (χ0) is 18.7. The van der Waals surface area contributed by atoms with E-state index < -0.39 is 17.2 Å². The van der Waals surface area contributed by atoms with E-state index in [1.807, 2.05) is 19.1 Å². The monoisotopic (exact) mass is 354 g/mol. The molecule has 0 bridgehead atoms. The van der Waals surface area contributed by atoms with Gasteiger partial charge in [0.25, 0.3) is 5.56 Å². The van der Waals surface area contributed by atoms with E-state index in [1.165, 1.54) is 4.57 Å². The lowest BCUT2D eigenvalue weighted by Crippen LogP contribution is -2.32. The maximum absolute atomic E-state index is 12.2. The number of para-hydroxylation sites is 1. The second-order valence-electron chi connectivity index (χ2n) is 5.84. The van der Waals surface area contributed by atoms with Gasteiger partial charge in [0.05, 0.1) is 18.0 Å². The number of aromatic nitrogens is 2. The smallest absolute Gasteiger partial charge is 0.329 e. The van der Waals surface area contributed by atoms with Crippen molar-refractivity contribution in [3.63, 3.8) is 0 Å². The van der Waals surface area contributed by atoms with Gasteiger partial charge in [-0.3, -0.25) is 19.1 Å². The third kappa shape index (κ3) is 3.51. The first-order valence-electron chi connectivity index (χ1n) is 8.00. The van der Waals surface area contributed by atoms with Crippen LogP contribution in [0.3, 0.4) is 0 Å². The highest BCUT2D eigenvalue weighted by molar-refractivity contribution is 5.79. The van der Waals surface area contributed by atoms with Crippen molar-refractivity contribution in [2.45, 2.75) is 20.1 Å². The van der Waals surface area contributed by atoms with Crippen LogP contribution < -0.4 is 16.0 Å². The maximum Gasteiger partial charge on any atom is 0.329 e. The summed E-state index contributed by atoms with van der Waals surface area (Å²) >= 11 is 0. The highest BCUT2D eigenvalue weighted by Crippen LogP contribution is 2.20. The summed E-state index contributed by atoms with van der Waals surface area (Å²) in [6.07, 6.45) is 0. The van der Waals surface area contributed by atoms with Crippen molar-refractivity contribution in [2.75, 3.05) is 7.11 Å². The fourth-order valence-electron chi connectivity index (χ4n) is 2.75. The number of rotatable bonds is 5. The van der Waals surface area contributed by atoms with Gasteiger partial charge >= 0.3 is 11.7 Å². The second kappa shape index (κ2) is 7.26. The van der Waals surface area contributed by atoms with Crippen molar-refractivity contribution in [1.29, 1.82) is 0 Å². The number of H-pyrrole nitrogens is 1. The molecular weight excluding hydrogens is 336 g/mol. The van der Waals surface area contributed by atoms with Crippen LogP contribution in [-0.2, 0) is 22.7 Å². The predicted molar refractivity (Wildman–Crippen MR) is 96.4 cm³/mol. The van der Waals surface area contributed by atoms with E-state index >= 15 is 0 Å². The minimum atomic E-state index is -0.654. The molecule has 0 atom stereocenters. The van der Waals surface area contributed by atoms with Crippen molar-refractivity contribution in [1.82, 2.24) is 9.55 Å². The van der Waals surface area contributed by atoms with E-state index in [4.69, 9.17) is 9.47 Å². The van der Waals surface area contributed by atoms with Crippen LogP contribution in [0.25, 0.3) is 10.9 Å². The van der Waals surface area contributed by atoms with Gasteiger partial charge in [-0.15, -0.1) is 0 Å². The van der Waals surface area contributed by atoms with Crippen LogP contribution in [-0.4, -0.2) is 22.6 Å². The number of carbonyl (C=O) groups excluding carboxylic acids is 1. The van der Waals surface area contributed by atoms with Crippen molar-refractivity contribution in [2.24, 2.45) is 0 Å². The summed E-state index contributed by atoms with van der Waals surface area (Å²) in [7, 11) is 1.54. The van der Waals surface area contributed by atoms with Gasteiger partial charge in [0.1, 0.15) is 18.9 Å². The van der Waals surface area contributed by atoms with Crippen LogP contribution >= 0.6 is 0 Å². The van der Waals surface area contributed by atoms with Crippen molar-refractivity contribution < 1.29 is 14.3 Å². The minimum absolute atomic E-state index is 0.0275. The summed E-state index contributed by atoms with van der Waals surface area (Å²) in [6, 6.07) is 12.2. The van der Waals surface area contributed by atoms with E-state index in [0.717, 1.165) is 11.1 Å². The molecule has 0 saturated heterocycles. The maximum atomic E-state index is 12.2. The first-order chi connectivity index (χ1) is 12.5. The SMILES string of the molecule is COc1ccc(C)cc1COC(=O)Cn1c(=O)[nH]c(=O)c2ccccc21. The number of ether oxygens (including phenoxy) is 2. The molecule has 3 aromatic rings. The molecule has 1 heterocycles. The van der Waals surface area contributed by atoms with Crippen molar-refractivity contribution in [3.8, 4) is 5.75 Å². The van der Waals surface area contributed by atoms with Gasteiger partial charge in [0.2, 0.25) is 0 Å². The minimum Gasteiger partial charge on any atom is -0.496 e. The fourth-order valence-corrected chi connectivity index (χ4v) is 2.75. The third-order valence-electron chi connectivity index (χ3n) is 4.02. The molecule has 7 heteroatoms. The molecule has 0 aliphatic heterocycles. The summed E-state index contributed by atoms with van der Waals surface area (Å²) in [5, 5.41) is 0.334. The Morgan fingerprint density at radius 3 is 2.69 bits per heavy atom. The Balaban J connectivity index is 1.82. The highest BCUT2D eigenvalue weighted by atomic mass is 16.5. The van der Waals surface area contributed by atoms with Crippen LogP contribution in [0.1, 0.15) is 11.1 Å². The number of fused-ring (bicyclic) bond motifs is 1. The fraction of sp³-hybridized carbons (Fsp3) is 0.211. The van der Waals surface area contributed by atoms with E-state index in [0.29, 0.717) is 16.7 Å². The molecule has 0 spiro atoms. The molecule has 0 unspecified atom stereocenters. The zero-order valence-electron chi connectivity index (χ0n) is 14.4. The van der Waals surface area contributed by atoms with Crippen LogP contribution in [0.15, 0.2) is 52.1 Å². The molecule has 0 fully saturated rings. The normalized spacial score (nSPS) is 10.7. The first kappa shape index (κ1) is 17.5. The van der Waals surface area contributed by atoms with E-state index in [2.05, 4.69) is 4.98 Å². The molecule has 134 valence electrons. The predicted octanol–water partition coefficient (Wildman–Crippen LogP) is 1.75. The largest absolute Gasteiger partial charge is 0.496 e. The van der Waals surface area contributed by atoms with Crippen molar-refractivity contribution in [3.05, 3.63) is 74.4 Å². The third-order valence-corrected chi connectivity index (χ3v) is 4.02. The summed E-state index contributed by atoms with van der Waals surface area (Å²) in [4.78, 5) is 38.4. The summed E-state index contributed by atoms with van der Waals surface area (Å²) in [5.74, 6) is 0.0305. The number of carbonyl (C=O) groups is 1. The topological polar surface area (TPSA) is 90.4 Å². The number of aryl methyl sites for hydroxylation is 1. The standard InChI is InChI=1S/C19H18N2O5/c1-12-7-8-16(25-2)13(9-12)11-26-17(22)10-21-15-6-4-3-5-14(15)18(23)20-19(21)24/h3-9H,10-11H2,1-2H3,(H,20,23,24). The molecule has 1 N–H and O–H groups in total. The Kier molecular flexibility index (Phi) is 4.88. The Bertz CT molecular complexity index is 1080. The van der Waals surface area contributed by atoms with Gasteiger partial charge in [-0.05, 0) is 31.2 Å². The van der Waals surface area contributed by atoms with Gasteiger partial charge in [0.15, 0.2) is 0 Å². The number of aromatic amines is 1. The molecule has 0 radical (unpaired) electrons. The van der Waals surface area contributed by atoms with Gasteiger partial charge in [0, 0.05) is 5.56 Å². The van der Waals surface area contributed by atoms with Gasteiger partial charge < -0.3 is 9.47 Å². The highest BCUT2D eigenvalue weighted by Gasteiger charge is 2.13. The lowest BCUT2D eigenvalue weighted by Gasteiger charge is -2.12. The van der Waals surface area contributed by atoms with E-state index in [-0.39, 0.29) is 13.2 Å². The Labute approximate surface area is 148 Å². The van der Waals surface area contributed by atoms with Crippen molar-refractivity contribution >= 4 is 16.9 Å². The average Bonchev–Trinajstić information content (AvgIpc) is 2.63. The van der Waals surface area contributed by atoms with E-state index in [9.17, 15) is 14.4 Å². The Morgan fingerprint density at radius 2 is 1.92 bits per heavy atom. The van der Waals surface area contributed by atoms with Crippen LogP contribution in [0, 0.1) is 6.92 Å². The molecule has 3 rings (SSSR count). The molecular formula is C19H18N2O5. The summed E-state index contributed by atoms with van der Waals surface area (Å²) in [6.45, 7) is 1.65. The Hall–Kier alpha value is -3.35. The Morgan fingerprint density at radius 1 is 1.15 bits per heavy atom. The van der Waals surface area contributed by atoms with Gasteiger partial charge in [-0.25, -0.2) is 4.79 Å². The molecule has 0 saturated carbocycles. The summed E-state index contributed by atoms with van der Waals surface area (Å²) in [5.41, 5.74) is 0.990. The molecule has 2 aromatic carbocycles. The lowest BCUT2D eigenvalue weighted by atomic mass is 10.1. The summed E-state index contributed by atoms with van der Waals surface area (Å²) < 4.78 is 11.7. The molecule has 7 nitrogen and oxygen atoms in total. The molecule has 0 aliphatic rings. The molecule has 26 heavy (non-hydrogen) atoms. The first-order valence-corrected chi connectivity index (χ1v) is 8.00. The lowest BCUT2D eigenvalue weighted by molar-refractivity contribution is -0.145. The van der Waals surface area contributed by atoms with E-state index in [1.54, 1.807) is 37.4 Å². The van der Waals surface area contributed by atoms with Gasteiger partial charge in [-0.2, -0.15) is 0 Å². The number of nitrogens with one attached hydrogen (secondary N) is 1. The van der Waals surface area contributed by atoms with Gasteiger partial charge in [-0.1, -0.05) is 23.8 Å². The van der Waals surface area contributed by atoms with Crippen LogP contribution in [0.2, 0.25) is 0 Å². The number of hydrogen-bond donors (Lipinski definition) is 1. The second-order valence-corrected chi connectivity index (χ2v) is 5.84. The number of methoxy groups -OCH3 is 1. The van der Waals surface area contributed by atoms with Crippen LogP contribution in [0.4, 0.5) is 0 Å². The molecule has 0 aliphatic carbocycles. The van der Waals surface area contributed by atoms with Crippen LogP contribution in [0.5, 0.6) is 5.75 Å². The quantitative estimate of drug-likeness (QED) is 0.705. The number of esters is 1.